The molecule has 3 heteroatoms. The number of aromatic nitrogens is 2. The zero-order chi connectivity index (χ0) is 12.5. The van der Waals surface area contributed by atoms with Crippen molar-refractivity contribution in [3.8, 4) is 0 Å². The first-order valence-electron chi connectivity index (χ1n) is 5.92. The number of para-hydroxylation sites is 1. The van der Waals surface area contributed by atoms with Crippen LogP contribution in [-0.2, 0) is 0 Å². The molecule has 0 saturated carbocycles. The van der Waals surface area contributed by atoms with Crippen molar-refractivity contribution in [3.05, 3.63) is 65.6 Å². The van der Waals surface area contributed by atoms with E-state index in [2.05, 4.69) is 9.97 Å². The van der Waals surface area contributed by atoms with Crippen LogP contribution in [0.5, 0.6) is 0 Å². The summed E-state index contributed by atoms with van der Waals surface area (Å²) in [5.41, 5.74) is 3.78. The minimum Gasteiger partial charge on any atom is -0.384 e. The molecule has 0 spiro atoms. The Morgan fingerprint density at radius 1 is 1.17 bits per heavy atom. The lowest BCUT2D eigenvalue weighted by Crippen LogP contribution is -2.01. The number of pyridine rings is 1. The van der Waals surface area contributed by atoms with Crippen molar-refractivity contribution in [3.63, 3.8) is 0 Å². The molecule has 2 aromatic heterocycles. The van der Waals surface area contributed by atoms with Crippen molar-refractivity contribution in [2.75, 3.05) is 0 Å². The molecule has 0 aliphatic heterocycles. The number of H-pyrrole nitrogens is 1. The van der Waals surface area contributed by atoms with Crippen molar-refractivity contribution in [2.45, 2.75) is 13.0 Å². The van der Waals surface area contributed by atoms with E-state index >= 15 is 0 Å². The van der Waals surface area contributed by atoms with E-state index in [0.29, 0.717) is 0 Å². The van der Waals surface area contributed by atoms with Crippen LogP contribution in [0.15, 0.2) is 48.8 Å². The van der Waals surface area contributed by atoms with Crippen LogP contribution in [0.2, 0.25) is 0 Å². The molecule has 0 radical (unpaired) electrons. The van der Waals surface area contributed by atoms with Gasteiger partial charge in [0.25, 0.3) is 0 Å². The number of aliphatic hydroxyl groups is 1. The number of rotatable bonds is 2. The van der Waals surface area contributed by atoms with Gasteiger partial charge in [-0.05, 0) is 19.1 Å². The van der Waals surface area contributed by atoms with E-state index in [9.17, 15) is 5.11 Å². The molecule has 3 aromatic rings. The number of aliphatic hydroxyl groups excluding tert-OH is 1. The summed E-state index contributed by atoms with van der Waals surface area (Å²) in [6.45, 7) is 1.98. The van der Waals surface area contributed by atoms with E-state index in [0.717, 1.165) is 27.7 Å². The molecule has 1 aromatic carbocycles. The summed E-state index contributed by atoms with van der Waals surface area (Å²) in [5.74, 6) is 0. The maximum absolute atomic E-state index is 10.5. The summed E-state index contributed by atoms with van der Waals surface area (Å²) in [7, 11) is 0. The van der Waals surface area contributed by atoms with Gasteiger partial charge in [-0.25, -0.2) is 0 Å². The van der Waals surface area contributed by atoms with Gasteiger partial charge in [0, 0.05) is 40.1 Å². The molecule has 1 atom stereocenters. The van der Waals surface area contributed by atoms with Crippen LogP contribution >= 0.6 is 0 Å². The first-order chi connectivity index (χ1) is 8.77. The fourth-order valence-electron chi connectivity index (χ4n) is 2.36. The summed E-state index contributed by atoms with van der Waals surface area (Å²) >= 11 is 0. The number of nitrogens with one attached hydrogen (secondary N) is 1. The molecule has 3 rings (SSSR count). The van der Waals surface area contributed by atoms with Gasteiger partial charge in [-0.3, -0.25) is 4.98 Å². The van der Waals surface area contributed by atoms with Gasteiger partial charge < -0.3 is 10.1 Å². The average molecular weight is 238 g/mol. The van der Waals surface area contributed by atoms with Gasteiger partial charge in [-0.15, -0.1) is 0 Å². The van der Waals surface area contributed by atoms with Crippen molar-refractivity contribution >= 4 is 10.9 Å². The SMILES string of the molecule is Cc1[nH]c2ccccc2c1C(O)c1cccnc1. The van der Waals surface area contributed by atoms with Crippen molar-refractivity contribution < 1.29 is 5.11 Å². The molecule has 1 unspecified atom stereocenters. The lowest BCUT2D eigenvalue weighted by molar-refractivity contribution is 0.220. The van der Waals surface area contributed by atoms with E-state index in [1.807, 2.05) is 43.3 Å². The fourth-order valence-corrected chi connectivity index (χ4v) is 2.36. The van der Waals surface area contributed by atoms with Crippen molar-refractivity contribution in [2.24, 2.45) is 0 Å². The average Bonchev–Trinajstić information content (AvgIpc) is 2.75. The Balaban J connectivity index is 2.17. The van der Waals surface area contributed by atoms with Crippen LogP contribution < -0.4 is 0 Å². The maximum atomic E-state index is 10.5. The number of aromatic amines is 1. The highest BCUT2D eigenvalue weighted by molar-refractivity contribution is 5.85. The smallest absolute Gasteiger partial charge is 0.108 e. The van der Waals surface area contributed by atoms with Crippen LogP contribution in [0.4, 0.5) is 0 Å². The maximum Gasteiger partial charge on any atom is 0.108 e. The summed E-state index contributed by atoms with van der Waals surface area (Å²) in [6, 6.07) is 11.7. The van der Waals surface area contributed by atoms with Crippen LogP contribution in [0.3, 0.4) is 0 Å². The molecule has 0 fully saturated rings. The topological polar surface area (TPSA) is 48.9 Å². The first-order valence-corrected chi connectivity index (χ1v) is 5.92. The van der Waals surface area contributed by atoms with Crippen molar-refractivity contribution in [1.82, 2.24) is 9.97 Å². The normalized spacial score (nSPS) is 12.8. The predicted molar refractivity (Wildman–Crippen MR) is 71.3 cm³/mol. The lowest BCUT2D eigenvalue weighted by Gasteiger charge is -2.11. The second-order valence-electron chi connectivity index (χ2n) is 4.40. The van der Waals surface area contributed by atoms with Crippen LogP contribution in [-0.4, -0.2) is 15.1 Å². The van der Waals surface area contributed by atoms with Gasteiger partial charge in [0.2, 0.25) is 0 Å². The van der Waals surface area contributed by atoms with Gasteiger partial charge in [0.05, 0.1) is 0 Å². The van der Waals surface area contributed by atoms with E-state index in [1.165, 1.54) is 0 Å². The molecular weight excluding hydrogens is 224 g/mol. The molecular formula is C15H14N2O. The highest BCUT2D eigenvalue weighted by atomic mass is 16.3. The largest absolute Gasteiger partial charge is 0.384 e. The second-order valence-corrected chi connectivity index (χ2v) is 4.40. The molecule has 90 valence electrons. The molecule has 0 bridgehead atoms. The highest BCUT2D eigenvalue weighted by Crippen LogP contribution is 2.31. The van der Waals surface area contributed by atoms with Gasteiger partial charge in [0.1, 0.15) is 6.10 Å². The number of aryl methyl sites for hydroxylation is 1. The lowest BCUT2D eigenvalue weighted by atomic mass is 10.0. The highest BCUT2D eigenvalue weighted by Gasteiger charge is 2.17. The van der Waals surface area contributed by atoms with Gasteiger partial charge in [-0.2, -0.15) is 0 Å². The molecule has 0 saturated heterocycles. The number of benzene rings is 1. The van der Waals surface area contributed by atoms with E-state index in [1.54, 1.807) is 12.4 Å². The van der Waals surface area contributed by atoms with E-state index < -0.39 is 6.10 Å². The van der Waals surface area contributed by atoms with Crippen LogP contribution in [0, 0.1) is 6.92 Å². The third-order valence-corrected chi connectivity index (χ3v) is 3.22. The van der Waals surface area contributed by atoms with Crippen molar-refractivity contribution in [1.29, 1.82) is 0 Å². The summed E-state index contributed by atoms with van der Waals surface area (Å²) < 4.78 is 0. The molecule has 2 heterocycles. The van der Waals surface area contributed by atoms with Gasteiger partial charge >= 0.3 is 0 Å². The number of fused-ring (bicyclic) bond motifs is 1. The fraction of sp³-hybridized carbons (Fsp3) is 0.133. The van der Waals surface area contributed by atoms with E-state index in [4.69, 9.17) is 0 Å². The quantitative estimate of drug-likeness (QED) is 0.721. The predicted octanol–water partition coefficient (Wildman–Crippen LogP) is 2.95. The minimum atomic E-state index is -0.644. The Labute approximate surface area is 105 Å². The number of hydrogen-bond donors (Lipinski definition) is 2. The van der Waals surface area contributed by atoms with Crippen LogP contribution in [0.25, 0.3) is 10.9 Å². The Kier molecular flexibility index (Phi) is 2.61. The van der Waals surface area contributed by atoms with Gasteiger partial charge in [-0.1, -0.05) is 24.3 Å². The summed E-state index contributed by atoms with van der Waals surface area (Å²) in [6.07, 6.45) is 2.76. The standard InChI is InChI=1S/C15H14N2O/c1-10-14(12-6-2-3-7-13(12)17-10)15(18)11-5-4-8-16-9-11/h2-9,15,17-18H,1H3. The molecule has 0 aliphatic rings. The Morgan fingerprint density at radius 3 is 2.78 bits per heavy atom. The zero-order valence-electron chi connectivity index (χ0n) is 10.1. The minimum absolute atomic E-state index is 0.644. The summed E-state index contributed by atoms with van der Waals surface area (Å²) in [4.78, 5) is 7.35. The second kappa shape index (κ2) is 4.27. The Hall–Kier alpha value is -2.13. The third kappa shape index (κ3) is 1.69. The number of hydrogen-bond acceptors (Lipinski definition) is 2. The zero-order valence-corrected chi connectivity index (χ0v) is 10.1. The number of nitrogens with zero attached hydrogens (tertiary/aromatic N) is 1. The van der Waals surface area contributed by atoms with Gasteiger partial charge in [0.15, 0.2) is 0 Å². The third-order valence-electron chi connectivity index (χ3n) is 3.22. The molecule has 18 heavy (non-hydrogen) atoms. The first kappa shape index (κ1) is 11.0. The molecule has 2 N–H and O–H groups in total. The molecule has 3 nitrogen and oxygen atoms in total. The van der Waals surface area contributed by atoms with Crippen LogP contribution in [0.1, 0.15) is 22.9 Å². The summed E-state index contributed by atoms with van der Waals surface area (Å²) in [5, 5.41) is 11.6. The monoisotopic (exact) mass is 238 g/mol. The Bertz CT molecular complexity index is 673. The molecule has 0 aliphatic carbocycles. The molecule has 0 amide bonds. The Morgan fingerprint density at radius 2 is 2.00 bits per heavy atom. The van der Waals surface area contributed by atoms with E-state index in [-0.39, 0.29) is 0 Å².